The molecule has 0 heterocycles. The van der Waals surface area contributed by atoms with Crippen molar-refractivity contribution in [3.8, 4) is 0 Å². The van der Waals surface area contributed by atoms with Crippen molar-refractivity contribution in [2.24, 2.45) is 0 Å². The van der Waals surface area contributed by atoms with E-state index in [0.29, 0.717) is 0 Å². The Hall–Kier alpha value is -2.37. The fourth-order valence-corrected chi connectivity index (χ4v) is 1.03. The van der Waals surface area contributed by atoms with Crippen LogP contribution in [-0.4, -0.2) is 34.1 Å². The zero-order chi connectivity index (χ0) is 12.1. The number of carbonyl (C=O) groups excluding carboxylic acids is 1. The molecule has 1 rings (SSSR count). The van der Waals surface area contributed by atoms with E-state index in [1.54, 1.807) is 18.2 Å². The van der Waals surface area contributed by atoms with Crippen LogP contribution >= 0.6 is 0 Å². The molecule has 0 radical (unpaired) electrons. The van der Waals surface area contributed by atoms with Crippen LogP contribution in [0.5, 0.6) is 0 Å². The summed E-state index contributed by atoms with van der Waals surface area (Å²) in [5.74, 6) is -3.97. The highest BCUT2D eigenvalue weighted by Crippen LogP contribution is 1.99. The molecule has 1 aromatic carbocycles. The van der Waals surface area contributed by atoms with Crippen molar-refractivity contribution in [1.82, 2.24) is 5.32 Å². The lowest BCUT2D eigenvalue weighted by Gasteiger charge is -2.09. The summed E-state index contributed by atoms with van der Waals surface area (Å²) >= 11 is 0. The Balaban J connectivity index is 2.77. The Kier molecular flexibility index (Phi) is 3.60. The minimum atomic E-state index is -1.94. The van der Waals surface area contributed by atoms with Crippen molar-refractivity contribution in [3.05, 3.63) is 35.9 Å². The molecule has 0 atom stereocenters. The zero-order valence-electron chi connectivity index (χ0n) is 8.08. The molecule has 0 saturated carbocycles. The van der Waals surface area contributed by atoms with Crippen LogP contribution in [0.15, 0.2) is 30.3 Å². The molecular formula is C10H9NO5. The number of carboxylic acid groups (broad SMARTS) is 2. The van der Waals surface area contributed by atoms with Crippen LogP contribution in [-0.2, 0) is 9.59 Å². The van der Waals surface area contributed by atoms with Gasteiger partial charge in [-0.3, -0.25) is 4.79 Å². The molecule has 0 aromatic heterocycles. The van der Waals surface area contributed by atoms with E-state index in [9.17, 15) is 14.4 Å². The fraction of sp³-hybridized carbons (Fsp3) is 0.100. The first kappa shape index (κ1) is 11.7. The van der Waals surface area contributed by atoms with Gasteiger partial charge in [-0.05, 0) is 12.1 Å². The molecule has 84 valence electrons. The number of hydrogen-bond donors (Lipinski definition) is 3. The van der Waals surface area contributed by atoms with Crippen LogP contribution in [0.4, 0.5) is 0 Å². The molecule has 0 spiro atoms. The normalized spacial score (nSPS) is 9.81. The van der Waals surface area contributed by atoms with Gasteiger partial charge in [0.2, 0.25) is 6.04 Å². The first-order chi connectivity index (χ1) is 7.52. The summed E-state index contributed by atoms with van der Waals surface area (Å²) in [5, 5.41) is 19.0. The number of benzene rings is 1. The molecule has 0 aliphatic heterocycles. The Morgan fingerprint density at radius 3 is 1.94 bits per heavy atom. The monoisotopic (exact) mass is 223 g/mol. The van der Waals surface area contributed by atoms with E-state index in [4.69, 9.17) is 10.2 Å². The number of carbonyl (C=O) groups is 3. The van der Waals surface area contributed by atoms with E-state index >= 15 is 0 Å². The summed E-state index contributed by atoms with van der Waals surface area (Å²) in [6.07, 6.45) is 0. The van der Waals surface area contributed by atoms with Gasteiger partial charge < -0.3 is 15.5 Å². The van der Waals surface area contributed by atoms with Gasteiger partial charge in [-0.15, -0.1) is 0 Å². The van der Waals surface area contributed by atoms with Gasteiger partial charge in [-0.1, -0.05) is 18.2 Å². The molecule has 0 saturated heterocycles. The number of nitrogens with one attached hydrogen (secondary N) is 1. The molecule has 3 N–H and O–H groups in total. The van der Waals surface area contributed by atoms with Gasteiger partial charge in [0.15, 0.2) is 0 Å². The summed E-state index contributed by atoms with van der Waals surface area (Å²) in [5.41, 5.74) is 0.204. The largest absolute Gasteiger partial charge is 0.479 e. The van der Waals surface area contributed by atoms with Crippen LogP contribution < -0.4 is 5.32 Å². The second-order valence-corrected chi connectivity index (χ2v) is 2.95. The average Bonchev–Trinajstić information content (AvgIpc) is 2.25. The molecule has 0 fully saturated rings. The lowest BCUT2D eigenvalue weighted by molar-refractivity contribution is -0.150. The van der Waals surface area contributed by atoms with Crippen LogP contribution in [0.2, 0.25) is 0 Å². The summed E-state index contributed by atoms with van der Waals surface area (Å²) in [6.45, 7) is 0. The van der Waals surface area contributed by atoms with Gasteiger partial charge in [-0.25, -0.2) is 9.59 Å². The molecule has 0 aliphatic carbocycles. The van der Waals surface area contributed by atoms with Gasteiger partial charge >= 0.3 is 11.9 Å². The predicted octanol–water partition coefficient (Wildman–Crippen LogP) is -0.0458. The summed E-state index contributed by atoms with van der Waals surface area (Å²) < 4.78 is 0. The van der Waals surface area contributed by atoms with Crippen molar-refractivity contribution >= 4 is 17.8 Å². The third kappa shape index (κ3) is 2.81. The standard InChI is InChI=1S/C10H9NO5/c12-8(6-4-2-1-3-5-6)11-7(9(13)14)10(15)16/h1-5,7H,(H,11,12)(H,13,14)(H,15,16). The van der Waals surface area contributed by atoms with E-state index in [-0.39, 0.29) is 5.56 Å². The first-order valence-corrected chi connectivity index (χ1v) is 4.34. The number of rotatable bonds is 4. The molecule has 1 aromatic rings. The van der Waals surface area contributed by atoms with Crippen molar-refractivity contribution in [3.63, 3.8) is 0 Å². The molecule has 6 heteroatoms. The van der Waals surface area contributed by atoms with E-state index in [2.05, 4.69) is 0 Å². The molecule has 6 nitrogen and oxygen atoms in total. The first-order valence-electron chi connectivity index (χ1n) is 4.34. The predicted molar refractivity (Wildman–Crippen MR) is 53.0 cm³/mol. The summed E-state index contributed by atoms with van der Waals surface area (Å²) in [4.78, 5) is 32.5. The van der Waals surface area contributed by atoms with E-state index in [1.807, 2.05) is 5.32 Å². The lowest BCUT2D eigenvalue weighted by atomic mass is 10.2. The van der Waals surface area contributed by atoms with E-state index < -0.39 is 23.9 Å². The Morgan fingerprint density at radius 2 is 1.50 bits per heavy atom. The molecule has 16 heavy (non-hydrogen) atoms. The molecular weight excluding hydrogens is 214 g/mol. The maximum Gasteiger partial charge on any atom is 0.338 e. The van der Waals surface area contributed by atoms with Gasteiger partial charge in [-0.2, -0.15) is 0 Å². The highest BCUT2D eigenvalue weighted by Gasteiger charge is 2.27. The molecule has 0 bridgehead atoms. The highest BCUT2D eigenvalue weighted by atomic mass is 16.4. The van der Waals surface area contributed by atoms with Crippen LogP contribution in [0.3, 0.4) is 0 Å². The third-order valence-corrected chi connectivity index (χ3v) is 1.81. The highest BCUT2D eigenvalue weighted by molar-refractivity contribution is 6.04. The third-order valence-electron chi connectivity index (χ3n) is 1.81. The Morgan fingerprint density at radius 1 is 1.00 bits per heavy atom. The maximum absolute atomic E-state index is 11.4. The van der Waals surface area contributed by atoms with Crippen LogP contribution in [0.1, 0.15) is 10.4 Å². The smallest absolute Gasteiger partial charge is 0.338 e. The minimum absolute atomic E-state index is 0.204. The molecule has 0 aliphatic rings. The molecule has 0 unspecified atom stereocenters. The van der Waals surface area contributed by atoms with Gasteiger partial charge in [0.1, 0.15) is 0 Å². The average molecular weight is 223 g/mol. The van der Waals surface area contributed by atoms with E-state index in [0.717, 1.165) is 0 Å². The maximum atomic E-state index is 11.4. The van der Waals surface area contributed by atoms with E-state index in [1.165, 1.54) is 12.1 Å². The SMILES string of the molecule is O=C(NC(C(=O)O)C(=O)O)c1ccccc1. The fourth-order valence-electron chi connectivity index (χ4n) is 1.03. The van der Waals surface area contributed by atoms with Crippen molar-refractivity contribution in [2.45, 2.75) is 6.04 Å². The van der Waals surface area contributed by atoms with Gasteiger partial charge in [0, 0.05) is 5.56 Å². The summed E-state index contributed by atoms with van der Waals surface area (Å²) in [6, 6.07) is 5.83. The molecule has 1 amide bonds. The number of aliphatic carboxylic acids is 2. The number of hydrogen-bond acceptors (Lipinski definition) is 3. The van der Waals surface area contributed by atoms with Crippen molar-refractivity contribution in [2.75, 3.05) is 0 Å². The van der Waals surface area contributed by atoms with Crippen LogP contribution in [0, 0.1) is 0 Å². The van der Waals surface area contributed by atoms with Crippen molar-refractivity contribution in [1.29, 1.82) is 0 Å². The number of amides is 1. The van der Waals surface area contributed by atoms with Gasteiger partial charge in [0.25, 0.3) is 5.91 Å². The quantitative estimate of drug-likeness (QED) is 0.621. The second-order valence-electron chi connectivity index (χ2n) is 2.95. The van der Waals surface area contributed by atoms with Crippen molar-refractivity contribution < 1.29 is 24.6 Å². The summed E-state index contributed by atoms with van der Waals surface area (Å²) in [7, 11) is 0. The van der Waals surface area contributed by atoms with Crippen LogP contribution in [0.25, 0.3) is 0 Å². The van der Waals surface area contributed by atoms with Gasteiger partial charge in [0.05, 0.1) is 0 Å². The second kappa shape index (κ2) is 4.92. The minimum Gasteiger partial charge on any atom is -0.479 e. The Bertz CT molecular complexity index is 400. The lowest BCUT2D eigenvalue weighted by Crippen LogP contribution is -2.46. The topological polar surface area (TPSA) is 104 Å². The number of carboxylic acids is 2. The zero-order valence-corrected chi connectivity index (χ0v) is 8.08. The Labute approximate surface area is 90.5 Å².